The van der Waals surface area contributed by atoms with Crippen LogP contribution in [0.1, 0.15) is 46.0 Å². The van der Waals surface area contributed by atoms with E-state index in [2.05, 4.69) is 35.1 Å². The first-order valence-corrected chi connectivity index (χ1v) is 8.74. The average Bonchev–Trinajstić information content (AvgIpc) is 3.20. The number of hydrogen-bond donors (Lipinski definition) is 4. The Hall–Kier alpha value is -0.160. The van der Waals surface area contributed by atoms with E-state index in [-0.39, 0.29) is 0 Å². The molecule has 0 aromatic rings. The van der Waals surface area contributed by atoms with Crippen molar-refractivity contribution < 1.29 is 0 Å². The molecule has 0 heterocycles. The summed E-state index contributed by atoms with van der Waals surface area (Å²) in [5.74, 6) is 0.887. The lowest BCUT2D eigenvalue weighted by Gasteiger charge is -2.06. The number of hydrogen-bond acceptors (Lipinski definition) is 4. The summed E-state index contributed by atoms with van der Waals surface area (Å²) in [5.41, 5.74) is 0. The predicted molar refractivity (Wildman–Crippen MR) is 88.3 cm³/mol. The van der Waals surface area contributed by atoms with E-state index in [9.17, 15) is 0 Å². The van der Waals surface area contributed by atoms with E-state index in [1.54, 1.807) is 0 Å². The second-order valence-electron chi connectivity index (χ2n) is 5.88. The molecule has 0 aliphatic heterocycles. The maximum absolute atomic E-state index is 3.67. The normalized spacial score (nSPS) is 21.3. The molecular weight excluding hydrogens is 248 g/mol. The first-order chi connectivity index (χ1) is 9.88. The van der Waals surface area contributed by atoms with Gasteiger partial charge in [-0.15, -0.1) is 0 Å². The fraction of sp³-hybridized carbons (Fsp3) is 1.00. The summed E-state index contributed by atoms with van der Waals surface area (Å²) in [6, 6.07) is 0.795. The number of unbranched alkanes of at least 4 members (excludes halogenated alkanes) is 2. The molecule has 0 amide bonds. The number of rotatable bonds is 15. The van der Waals surface area contributed by atoms with Crippen LogP contribution in [0.2, 0.25) is 0 Å². The zero-order chi connectivity index (χ0) is 14.5. The molecule has 20 heavy (non-hydrogen) atoms. The molecule has 0 radical (unpaired) electrons. The molecule has 0 unspecified atom stereocenters. The molecule has 0 aromatic carbocycles. The van der Waals surface area contributed by atoms with Gasteiger partial charge in [-0.1, -0.05) is 13.8 Å². The molecule has 2 atom stereocenters. The fourth-order valence-electron chi connectivity index (χ4n) is 2.53. The Morgan fingerprint density at radius 2 is 1.30 bits per heavy atom. The second kappa shape index (κ2) is 12.6. The SMILES string of the molecule is CCNCCCCNC[C@@H]1C[C@H]1NCCCCNCC. The lowest BCUT2D eigenvalue weighted by molar-refractivity contribution is 0.540. The predicted octanol–water partition coefficient (Wildman–Crippen LogP) is 1.33. The van der Waals surface area contributed by atoms with Crippen molar-refractivity contribution in [1.29, 1.82) is 0 Å². The highest BCUT2D eigenvalue weighted by Gasteiger charge is 2.35. The van der Waals surface area contributed by atoms with E-state index < -0.39 is 0 Å². The molecule has 1 aliphatic rings. The van der Waals surface area contributed by atoms with Crippen molar-refractivity contribution in [3.05, 3.63) is 0 Å². The van der Waals surface area contributed by atoms with Crippen LogP contribution in [-0.2, 0) is 0 Å². The lowest BCUT2D eigenvalue weighted by atomic mass is 10.3. The van der Waals surface area contributed by atoms with Crippen molar-refractivity contribution in [3.63, 3.8) is 0 Å². The van der Waals surface area contributed by atoms with Crippen LogP contribution in [0.25, 0.3) is 0 Å². The van der Waals surface area contributed by atoms with Gasteiger partial charge in [-0.2, -0.15) is 0 Å². The molecule has 1 aliphatic carbocycles. The molecule has 1 rings (SSSR count). The topological polar surface area (TPSA) is 48.1 Å². The van der Waals surface area contributed by atoms with Gasteiger partial charge in [-0.05, 0) is 83.8 Å². The van der Waals surface area contributed by atoms with Crippen LogP contribution in [0.5, 0.6) is 0 Å². The maximum Gasteiger partial charge on any atom is 0.0112 e. The monoisotopic (exact) mass is 284 g/mol. The van der Waals surface area contributed by atoms with E-state index in [1.165, 1.54) is 64.8 Å². The highest BCUT2D eigenvalue weighted by Crippen LogP contribution is 2.29. The molecule has 4 heteroatoms. The minimum absolute atomic E-state index is 0.795. The molecule has 0 bridgehead atoms. The van der Waals surface area contributed by atoms with Crippen molar-refractivity contribution in [2.45, 2.75) is 52.0 Å². The van der Waals surface area contributed by atoms with Crippen LogP contribution in [-0.4, -0.2) is 51.9 Å². The van der Waals surface area contributed by atoms with Crippen molar-refractivity contribution in [2.24, 2.45) is 5.92 Å². The molecule has 0 spiro atoms. The van der Waals surface area contributed by atoms with Gasteiger partial charge in [-0.3, -0.25) is 0 Å². The van der Waals surface area contributed by atoms with Crippen LogP contribution in [0.4, 0.5) is 0 Å². The highest BCUT2D eigenvalue weighted by molar-refractivity contribution is 4.94. The van der Waals surface area contributed by atoms with Crippen molar-refractivity contribution in [3.8, 4) is 0 Å². The third-order valence-corrected chi connectivity index (χ3v) is 3.97. The van der Waals surface area contributed by atoms with Crippen molar-refractivity contribution >= 4 is 0 Å². The Kier molecular flexibility index (Phi) is 11.2. The Labute approximate surface area is 125 Å². The molecule has 4 N–H and O–H groups in total. The van der Waals surface area contributed by atoms with Gasteiger partial charge in [0, 0.05) is 6.04 Å². The average molecular weight is 284 g/mol. The Bertz CT molecular complexity index is 211. The summed E-state index contributed by atoms with van der Waals surface area (Å²) in [5, 5.41) is 14.0. The van der Waals surface area contributed by atoms with Crippen LogP contribution >= 0.6 is 0 Å². The zero-order valence-corrected chi connectivity index (χ0v) is 13.6. The van der Waals surface area contributed by atoms with Crippen LogP contribution < -0.4 is 21.3 Å². The van der Waals surface area contributed by atoms with Crippen molar-refractivity contribution in [1.82, 2.24) is 21.3 Å². The lowest BCUT2D eigenvalue weighted by Crippen LogP contribution is -2.26. The van der Waals surface area contributed by atoms with Gasteiger partial charge in [0.15, 0.2) is 0 Å². The fourth-order valence-corrected chi connectivity index (χ4v) is 2.53. The molecule has 0 saturated heterocycles. The molecule has 1 fully saturated rings. The molecule has 120 valence electrons. The van der Waals surface area contributed by atoms with E-state index in [0.717, 1.165) is 25.0 Å². The van der Waals surface area contributed by atoms with Crippen molar-refractivity contribution in [2.75, 3.05) is 45.8 Å². The van der Waals surface area contributed by atoms with Gasteiger partial charge in [0.2, 0.25) is 0 Å². The largest absolute Gasteiger partial charge is 0.317 e. The van der Waals surface area contributed by atoms with E-state index in [0.29, 0.717) is 0 Å². The molecule has 0 aromatic heterocycles. The van der Waals surface area contributed by atoms with E-state index >= 15 is 0 Å². The van der Waals surface area contributed by atoms with Gasteiger partial charge in [0.05, 0.1) is 0 Å². The van der Waals surface area contributed by atoms with E-state index in [4.69, 9.17) is 0 Å². The minimum Gasteiger partial charge on any atom is -0.317 e. The standard InChI is InChI=1S/C16H36N4/c1-3-17-9-5-6-11-19-14-15-13-16(15)20-12-8-7-10-18-4-2/h15-20H,3-14H2,1-2H3/t15-,16+/m0/s1. The first kappa shape index (κ1) is 17.9. The van der Waals surface area contributed by atoms with Crippen LogP contribution in [0.15, 0.2) is 0 Å². The molecular formula is C16H36N4. The maximum atomic E-state index is 3.67. The Morgan fingerprint density at radius 3 is 1.90 bits per heavy atom. The molecule has 1 saturated carbocycles. The van der Waals surface area contributed by atoms with Gasteiger partial charge in [0.25, 0.3) is 0 Å². The molecule has 4 nitrogen and oxygen atoms in total. The third kappa shape index (κ3) is 9.70. The van der Waals surface area contributed by atoms with Crippen LogP contribution in [0, 0.1) is 5.92 Å². The summed E-state index contributed by atoms with van der Waals surface area (Å²) < 4.78 is 0. The Balaban J connectivity index is 1.75. The van der Waals surface area contributed by atoms with Gasteiger partial charge in [-0.25, -0.2) is 0 Å². The summed E-state index contributed by atoms with van der Waals surface area (Å²) >= 11 is 0. The Morgan fingerprint density at radius 1 is 0.750 bits per heavy atom. The smallest absolute Gasteiger partial charge is 0.0112 e. The summed E-state index contributed by atoms with van der Waals surface area (Å²) in [6.45, 7) is 12.4. The summed E-state index contributed by atoms with van der Waals surface area (Å²) in [7, 11) is 0. The second-order valence-corrected chi connectivity index (χ2v) is 5.88. The summed E-state index contributed by atoms with van der Waals surface area (Å²) in [6.07, 6.45) is 6.55. The minimum atomic E-state index is 0.795. The quantitative estimate of drug-likeness (QED) is 0.343. The van der Waals surface area contributed by atoms with Crippen LogP contribution in [0.3, 0.4) is 0 Å². The number of nitrogens with one attached hydrogen (secondary N) is 4. The summed E-state index contributed by atoms with van der Waals surface area (Å²) in [4.78, 5) is 0. The van der Waals surface area contributed by atoms with E-state index in [1.807, 2.05) is 0 Å². The third-order valence-electron chi connectivity index (χ3n) is 3.97. The zero-order valence-electron chi connectivity index (χ0n) is 13.6. The van der Waals surface area contributed by atoms with Gasteiger partial charge < -0.3 is 21.3 Å². The van der Waals surface area contributed by atoms with Gasteiger partial charge >= 0.3 is 0 Å². The highest BCUT2D eigenvalue weighted by atomic mass is 15.0. The first-order valence-electron chi connectivity index (χ1n) is 8.74. The van der Waals surface area contributed by atoms with Gasteiger partial charge in [0.1, 0.15) is 0 Å².